The van der Waals surface area contributed by atoms with Gasteiger partial charge >= 0.3 is 0 Å². The first kappa shape index (κ1) is 23.9. The number of ether oxygens (including phenoxy) is 2. The second-order valence-corrected chi connectivity index (χ2v) is 10.7. The molecule has 2 aromatic heterocycles. The van der Waals surface area contributed by atoms with Crippen LogP contribution in [0.3, 0.4) is 0 Å². The van der Waals surface area contributed by atoms with Gasteiger partial charge in [0.25, 0.3) is 0 Å². The first-order valence-corrected chi connectivity index (χ1v) is 13.5. The number of fused-ring (bicyclic) bond motifs is 1. The van der Waals surface area contributed by atoms with Crippen LogP contribution in [-0.4, -0.2) is 35.3 Å². The number of halogens is 1. The van der Waals surface area contributed by atoms with Crippen LogP contribution < -0.4 is 14.2 Å². The molecule has 0 aliphatic heterocycles. The Morgan fingerprint density at radius 1 is 1.22 bits per heavy atom. The number of benzene rings is 2. The van der Waals surface area contributed by atoms with E-state index in [0.717, 1.165) is 42.1 Å². The van der Waals surface area contributed by atoms with Crippen molar-refractivity contribution in [2.75, 3.05) is 11.0 Å². The standard InChI is InChI=1S/C25H22ClN5O4S/c1-36(32,33)30-25-28-9-7-18(29-25)15-34-21-5-6-23-16(12-21)8-10-31(23)19-11-17(14-27)24(22(26)13-19)35-20-3-2-4-20/h5-13,20H,2-4,15H2,1H3,(H,28,29,30). The second-order valence-electron chi connectivity index (χ2n) is 8.53. The van der Waals surface area contributed by atoms with Gasteiger partial charge in [0.2, 0.25) is 16.0 Å². The van der Waals surface area contributed by atoms with Crippen molar-refractivity contribution in [1.29, 1.82) is 5.26 Å². The van der Waals surface area contributed by atoms with E-state index in [1.165, 1.54) is 6.20 Å². The molecule has 5 rings (SSSR count). The number of hydrogen-bond acceptors (Lipinski definition) is 7. The minimum atomic E-state index is -3.47. The fraction of sp³-hybridized carbons (Fsp3) is 0.240. The summed E-state index contributed by atoms with van der Waals surface area (Å²) in [4.78, 5) is 8.06. The van der Waals surface area contributed by atoms with Crippen molar-refractivity contribution in [2.24, 2.45) is 0 Å². The van der Waals surface area contributed by atoms with Crippen molar-refractivity contribution in [3.05, 3.63) is 71.1 Å². The number of nitrogens with zero attached hydrogens (tertiary/aromatic N) is 4. The monoisotopic (exact) mass is 523 g/mol. The first-order valence-electron chi connectivity index (χ1n) is 11.2. The number of aromatic nitrogens is 3. The minimum Gasteiger partial charge on any atom is -0.487 e. The van der Waals surface area contributed by atoms with Gasteiger partial charge < -0.3 is 14.0 Å². The molecule has 0 spiro atoms. The van der Waals surface area contributed by atoms with Crippen molar-refractivity contribution >= 4 is 38.5 Å². The lowest BCUT2D eigenvalue weighted by molar-refractivity contribution is 0.120. The Morgan fingerprint density at radius 3 is 2.78 bits per heavy atom. The first-order chi connectivity index (χ1) is 17.3. The third-order valence-corrected chi connectivity index (χ3v) is 6.64. The maximum atomic E-state index is 11.4. The smallest absolute Gasteiger partial charge is 0.236 e. The molecule has 2 heterocycles. The Morgan fingerprint density at radius 2 is 2.06 bits per heavy atom. The van der Waals surface area contributed by atoms with Crippen LogP contribution in [0.25, 0.3) is 16.6 Å². The Bertz CT molecular complexity index is 1590. The van der Waals surface area contributed by atoms with Gasteiger partial charge in [-0.05, 0) is 61.7 Å². The number of anilines is 1. The molecule has 1 aliphatic carbocycles. The summed E-state index contributed by atoms with van der Waals surface area (Å²) in [6.07, 6.45) is 7.61. The lowest BCUT2D eigenvalue weighted by Gasteiger charge is -2.27. The van der Waals surface area contributed by atoms with E-state index in [9.17, 15) is 13.7 Å². The van der Waals surface area contributed by atoms with Gasteiger partial charge in [0.15, 0.2) is 5.75 Å². The molecule has 4 aromatic rings. The van der Waals surface area contributed by atoms with Gasteiger partial charge in [0.1, 0.15) is 18.4 Å². The summed E-state index contributed by atoms with van der Waals surface area (Å²) in [6.45, 7) is 0.136. The molecule has 184 valence electrons. The molecule has 0 saturated heterocycles. The number of sulfonamides is 1. The van der Waals surface area contributed by atoms with Crippen LogP contribution in [0, 0.1) is 11.3 Å². The number of rotatable bonds is 8. The van der Waals surface area contributed by atoms with Crippen LogP contribution >= 0.6 is 11.6 Å². The van der Waals surface area contributed by atoms with Gasteiger partial charge in [-0.3, -0.25) is 4.72 Å². The van der Waals surface area contributed by atoms with Crippen molar-refractivity contribution < 1.29 is 17.9 Å². The maximum absolute atomic E-state index is 11.4. The highest BCUT2D eigenvalue weighted by Crippen LogP contribution is 2.36. The summed E-state index contributed by atoms with van der Waals surface area (Å²) in [5, 5.41) is 11.0. The van der Waals surface area contributed by atoms with Crippen LogP contribution in [0.2, 0.25) is 5.02 Å². The molecule has 1 saturated carbocycles. The second kappa shape index (κ2) is 9.68. The van der Waals surface area contributed by atoms with Crippen LogP contribution in [0.15, 0.2) is 54.9 Å². The lowest BCUT2D eigenvalue weighted by atomic mass is 9.96. The molecular formula is C25H22ClN5O4S. The van der Waals surface area contributed by atoms with Crippen LogP contribution in [-0.2, 0) is 16.6 Å². The molecule has 0 amide bonds. The molecule has 36 heavy (non-hydrogen) atoms. The van der Waals surface area contributed by atoms with Gasteiger partial charge in [-0.2, -0.15) is 5.26 Å². The quantitative estimate of drug-likeness (QED) is 0.351. The molecule has 0 bridgehead atoms. The molecule has 11 heteroatoms. The van der Waals surface area contributed by atoms with Gasteiger partial charge in [-0.25, -0.2) is 18.4 Å². The molecule has 2 aromatic carbocycles. The zero-order valence-corrected chi connectivity index (χ0v) is 20.9. The van der Waals surface area contributed by atoms with Crippen LogP contribution in [0.5, 0.6) is 11.5 Å². The highest BCUT2D eigenvalue weighted by Gasteiger charge is 2.23. The molecule has 0 unspecified atom stereocenters. The summed E-state index contributed by atoms with van der Waals surface area (Å²) in [5.74, 6) is 1.06. The van der Waals surface area contributed by atoms with Crippen molar-refractivity contribution in [3.63, 3.8) is 0 Å². The lowest BCUT2D eigenvalue weighted by Crippen LogP contribution is -2.25. The largest absolute Gasteiger partial charge is 0.487 e. The Hall–Kier alpha value is -3.81. The Kier molecular flexibility index (Phi) is 6.43. The molecule has 9 nitrogen and oxygen atoms in total. The van der Waals surface area contributed by atoms with Crippen molar-refractivity contribution in [3.8, 4) is 23.3 Å². The topological polar surface area (TPSA) is 119 Å². The number of nitriles is 1. The van der Waals surface area contributed by atoms with E-state index in [-0.39, 0.29) is 18.7 Å². The molecule has 0 radical (unpaired) electrons. The maximum Gasteiger partial charge on any atom is 0.236 e. The van der Waals surface area contributed by atoms with E-state index >= 15 is 0 Å². The highest BCUT2D eigenvalue weighted by atomic mass is 35.5. The van der Waals surface area contributed by atoms with Gasteiger partial charge in [0.05, 0.1) is 34.2 Å². The van der Waals surface area contributed by atoms with Crippen molar-refractivity contribution in [1.82, 2.24) is 14.5 Å². The van der Waals surface area contributed by atoms with E-state index in [0.29, 0.717) is 27.8 Å². The van der Waals surface area contributed by atoms with E-state index < -0.39 is 10.0 Å². The summed E-state index contributed by atoms with van der Waals surface area (Å²) in [6, 6.07) is 15.0. The third-order valence-electron chi connectivity index (χ3n) is 5.80. The van der Waals surface area contributed by atoms with Gasteiger partial charge in [-0.15, -0.1) is 0 Å². The van der Waals surface area contributed by atoms with Crippen LogP contribution in [0.4, 0.5) is 5.95 Å². The van der Waals surface area contributed by atoms with Gasteiger partial charge in [0, 0.05) is 23.5 Å². The predicted octanol–water partition coefficient (Wildman–Crippen LogP) is 4.83. The molecule has 1 aliphatic rings. The highest BCUT2D eigenvalue weighted by molar-refractivity contribution is 7.91. The summed E-state index contributed by atoms with van der Waals surface area (Å²) >= 11 is 6.52. The summed E-state index contributed by atoms with van der Waals surface area (Å²) in [7, 11) is -3.47. The van der Waals surface area contributed by atoms with E-state index in [1.807, 2.05) is 35.0 Å². The van der Waals surface area contributed by atoms with Crippen LogP contribution in [0.1, 0.15) is 30.5 Å². The van der Waals surface area contributed by atoms with E-state index in [4.69, 9.17) is 21.1 Å². The minimum absolute atomic E-state index is 0.00867. The fourth-order valence-electron chi connectivity index (χ4n) is 3.86. The summed E-state index contributed by atoms with van der Waals surface area (Å²) in [5.41, 5.74) is 2.60. The molecule has 0 atom stereocenters. The average molecular weight is 524 g/mol. The number of hydrogen-bond donors (Lipinski definition) is 1. The SMILES string of the molecule is CS(=O)(=O)Nc1nccc(COc2ccc3c(ccn3-c3cc(Cl)c(OC4CCC4)c(C#N)c3)c2)n1. The molecular weight excluding hydrogens is 502 g/mol. The fourth-order valence-corrected chi connectivity index (χ4v) is 4.55. The predicted molar refractivity (Wildman–Crippen MR) is 136 cm³/mol. The Labute approximate surface area is 213 Å². The van der Waals surface area contributed by atoms with Crippen molar-refractivity contribution in [2.45, 2.75) is 32.0 Å². The zero-order valence-electron chi connectivity index (χ0n) is 19.3. The van der Waals surface area contributed by atoms with Gasteiger partial charge in [-0.1, -0.05) is 11.6 Å². The average Bonchev–Trinajstić information content (AvgIpc) is 3.23. The molecule has 1 fully saturated rings. The Balaban J connectivity index is 1.35. The zero-order chi connectivity index (χ0) is 25.3. The van der Waals surface area contributed by atoms with E-state index in [1.54, 1.807) is 18.2 Å². The number of nitrogens with one attached hydrogen (secondary N) is 1. The third kappa shape index (κ3) is 5.22. The summed E-state index contributed by atoms with van der Waals surface area (Å²) < 4.78 is 38.8. The normalized spacial score (nSPS) is 13.7. The molecule has 1 N–H and O–H groups in total. The van der Waals surface area contributed by atoms with E-state index in [2.05, 4.69) is 20.8 Å².